The van der Waals surface area contributed by atoms with E-state index in [-0.39, 0.29) is 5.57 Å². The Kier molecular flexibility index (Phi) is 8.71. The van der Waals surface area contributed by atoms with Crippen molar-refractivity contribution in [3.63, 3.8) is 0 Å². The molecular weight excluding hydrogens is 432 g/mol. The zero-order valence-corrected chi connectivity index (χ0v) is 20.4. The number of hydrogen-bond acceptors (Lipinski definition) is 5. The Morgan fingerprint density at radius 2 is 1.59 bits per heavy atom. The number of carbonyl (C=O) groups is 2. The minimum atomic E-state index is -0.727. The maximum atomic E-state index is 13.5. The van der Waals surface area contributed by atoms with Crippen molar-refractivity contribution in [1.29, 1.82) is 0 Å². The molecule has 7 nitrogen and oxygen atoms in total. The number of Topliss-reactive ketones (excluding diaryl/α,β-unsaturated/α-hetero) is 1. The average molecular weight is 467 g/mol. The minimum absolute atomic E-state index is 0.00508. The van der Waals surface area contributed by atoms with E-state index < -0.39 is 23.5 Å². The predicted molar refractivity (Wildman–Crippen MR) is 129 cm³/mol. The molecule has 1 heterocycles. The Balaban J connectivity index is 2.01. The molecule has 34 heavy (non-hydrogen) atoms. The standard InChI is InChI=1S/C27H34N2O5/c1-5-28(6-2)17-8-18-29-24(19-9-15-22(16-10-19)34-7-3)23(26(31)27(29)32)25(30)20-11-13-21(33-4)14-12-20/h9-16,24,30H,5-8,17-18H2,1-4H3. The summed E-state index contributed by atoms with van der Waals surface area (Å²) in [6.45, 7) is 10.00. The summed E-state index contributed by atoms with van der Waals surface area (Å²) in [5.41, 5.74) is 1.06. The molecule has 0 bridgehead atoms. The number of quaternary nitrogens is 1. The number of ether oxygens (including phenoxy) is 2. The Morgan fingerprint density at radius 1 is 0.971 bits per heavy atom. The highest BCUT2D eigenvalue weighted by Crippen LogP contribution is 2.39. The maximum Gasteiger partial charge on any atom is 0.295 e. The summed E-state index contributed by atoms with van der Waals surface area (Å²) in [5, 5.41) is 13.5. The summed E-state index contributed by atoms with van der Waals surface area (Å²) in [7, 11) is 1.55. The summed E-state index contributed by atoms with van der Waals surface area (Å²) in [6.07, 6.45) is 0.744. The fourth-order valence-electron chi connectivity index (χ4n) is 4.36. The topological polar surface area (TPSA) is 83.3 Å². The quantitative estimate of drug-likeness (QED) is 0.309. The van der Waals surface area contributed by atoms with Crippen molar-refractivity contribution in [2.45, 2.75) is 33.2 Å². The predicted octanol–water partition coefficient (Wildman–Crippen LogP) is 1.63. The first-order valence-corrected chi connectivity index (χ1v) is 11.9. The Morgan fingerprint density at radius 3 is 2.15 bits per heavy atom. The molecule has 0 saturated carbocycles. The van der Waals surface area contributed by atoms with Crippen LogP contribution in [0.25, 0.3) is 5.76 Å². The lowest BCUT2D eigenvalue weighted by atomic mass is 9.95. The maximum absolute atomic E-state index is 13.5. The number of carbonyl (C=O) groups excluding carboxylic acids is 2. The van der Waals surface area contributed by atoms with E-state index in [9.17, 15) is 14.7 Å². The first-order chi connectivity index (χ1) is 16.4. The molecule has 7 heteroatoms. The number of likely N-dealkylation sites (tertiary alicyclic amines) is 1. The molecule has 0 aliphatic carbocycles. The second-order valence-electron chi connectivity index (χ2n) is 8.26. The second-order valence-corrected chi connectivity index (χ2v) is 8.26. The van der Waals surface area contributed by atoms with Crippen molar-refractivity contribution in [1.82, 2.24) is 4.90 Å². The SMILES string of the molecule is CCOc1ccc(C2C(=C([O-])c3ccc(OC)cc3)C(=O)C(=O)N2CCC[NH+](CC)CC)cc1. The third-order valence-corrected chi connectivity index (χ3v) is 6.32. The van der Waals surface area contributed by atoms with E-state index >= 15 is 0 Å². The van der Waals surface area contributed by atoms with Crippen molar-refractivity contribution in [3.05, 3.63) is 65.2 Å². The molecular formula is C27H34N2O5. The van der Waals surface area contributed by atoms with Gasteiger partial charge >= 0.3 is 0 Å². The molecule has 2 aromatic rings. The van der Waals surface area contributed by atoms with Crippen LogP contribution in [-0.4, -0.2) is 56.5 Å². The van der Waals surface area contributed by atoms with Gasteiger partial charge in [0.2, 0.25) is 5.78 Å². The van der Waals surface area contributed by atoms with Crippen LogP contribution in [0.3, 0.4) is 0 Å². The van der Waals surface area contributed by atoms with Gasteiger partial charge in [-0.05, 0) is 56.2 Å². The van der Waals surface area contributed by atoms with E-state index in [0.717, 1.165) is 31.6 Å². The molecule has 0 aromatic heterocycles. The molecule has 0 spiro atoms. The summed E-state index contributed by atoms with van der Waals surface area (Å²) >= 11 is 0. The molecule has 1 aliphatic heterocycles. The normalized spacial score (nSPS) is 17.4. The van der Waals surface area contributed by atoms with Gasteiger partial charge in [0.25, 0.3) is 5.91 Å². The average Bonchev–Trinajstić information content (AvgIpc) is 3.12. The monoisotopic (exact) mass is 466 g/mol. The largest absolute Gasteiger partial charge is 0.872 e. The minimum Gasteiger partial charge on any atom is -0.872 e. The van der Waals surface area contributed by atoms with Gasteiger partial charge in [0, 0.05) is 18.5 Å². The highest BCUT2D eigenvalue weighted by molar-refractivity contribution is 6.46. The van der Waals surface area contributed by atoms with Crippen molar-refractivity contribution in [3.8, 4) is 11.5 Å². The second kappa shape index (κ2) is 11.7. The molecule has 0 radical (unpaired) electrons. The number of methoxy groups -OCH3 is 1. The number of nitrogens with one attached hydrogen (secondary N) is 1. The molecule has 1 N–H and O–H groups in total. The van der Waals surface area contributed by atoms with Crippen LogP contribution in [0.15, 0.2) is 54.1 Å². The zero-order valence-electron chi connectivity index (χ0n) is 20.4. The molecule has 182 valence electrons. The van der Waals surface area contributed by atoms with E-state index in [1.807, 2.05) is 19.1 Å². The zero-order chi connectivity index (χ0) is 24.7. The molecule has 1 unspecified atom stereocenters. The third-order valence-electron chi connectivity index (χ3n) is 6.32. The van der Waals surface area contributed by atoms with E-state index in [2.05, 4.69) is 13.8 Å². The van der Waals surface area contributed by atoms with Crippen LogP contribution >= 0.6 is 0 Å². The fraction of sp³-hybridized carbons (Fsp3) is 0.407. The van der Waals surface area contributed by atoms with Crippen LogP contribution in [0, 0.1) is 0 Å². The van der Waals surface area contributed by atoms with Crippen molar-refractivity contribution in [2.75, 3.05) is 39.9 Å². The highest BCUT2D eigenvalue weighted by atomic mass is 16.5. The number of nitrogens with zero attached hydrogens (tertiary/aromatic N) is 1. The van der Waals surface area contributed by atoms with Crippen molar-refractivity contribution < 1.29 is 29.1 Å². The first-order valence-electron chi connectivity index (χ1n) is 11.9. The fourth-order valence-corrected chi connectivity index (χ4v) is 4.36. The van der Waals surface area contributed by atoms with Crippen LogP contribution in [0.5, 0.6) is 11.5 Å². The molecule has 1 saturated heterocycles. The Hall–Kier alpha value is -3.32. The summed E-state index contributed by atoms with van der Waals surface area (Å²) in [6, 6.07) is 13.1. The summed E-state index contributed by atoms with van der Waals surface area (Å²) in [4.78, 5) is 29.2. The molecule has 1 atom stereocenters. The van der Waals surface area contributed by atoms with E-state index in [1.54, 1.807) is 48.4 Å². The number of rotatable bonds is 11. The van der Waals surface area contributed by atoms with Crippen LogP contribution in [0.4, 0.5) is 0 Å². The van der Waals surface area contributed by atoms with Gasteiger partial charge in [-0.25, -0.2) is 0 Å². The van der Waals surface area contributed by atoms with Crippen LogP contribution in [0.1, 0.15) is 44.4 Å². The van der Waals surface area contributed by atoms with Crippen LogP contribution in [0.2, 0.25) is 0 Å². The van der Waals surface area contributed by atoms with Gasteiger partial charge < -0.3 is 24.4 Å². The van der Waals surface area contributed by atoms with Gasteiger partial charge in [-0.15, -0.1) is 0 Å². The summed E-state index contributed by atoms with van der Waals surface area (Å²) in [5.74, 6) is -0.475. The Bertz CT molecular complexity index is 1010. The Labute approximate surface area is 201 Å². The van der Waals surface area contributed by atoms with Gasteiger partial charge in [-0.2, -0.15) is 0 Å². The molecule has 3 rings (SSSR count). The number of ketones is 1. The lowest BCUT2D eigenvalue weighted by Crippen LogP contribution is -3.11. The first kappa shape index (κ1) is 25.3. The smallest absolute Gasteiger partial charge is 0.295 e. The lowest BCUT2D eigenvalue weighted by Gasteiger charge is -2.28. The van der Waals surface area contributed by atoms with Crippen LogP contribution in [-0.2, 0) is 9.59 Å². The lowest BCUT2D eigenvalue weighted by molar-refractivity contribution is -0.896. The van der Waals surface area contributed by atoms with Gasteiger partial charge in [0.15, 0.2) is 0 Å². The number of hydrogen-bond donors (Lipinski definition) is 1. The number of amides is 1. The van der Waals surface area contributed by atoms with Gasteiger partial charge in [0.05, 0.1) is 39.4 Å². The van der Waals surface area contributed by atoms with Gasteiger partial charge in [-0.3, -0.25) is 9.59 Å². The van der Waals surface area contributed by atoms with E-state index in [1.165, 1.54) is 4.90 Å². The third kappa shape index (κ3) is 5.42. The molecule has 2 aromatic carbocycles. The van der Waals surface area contributed by atoms with Gasteiger partial charge in [-0.1, -0.05) is 30.0 Å². The van der Waals surface area contributed by atoms with E-state index in [4.69, 9.17) is 9.47 Å². The van der Waals surface area contributed by atoms with E-state index in [0.29, 0.717) is 30.2 Å². The molecule has 1 amide bonds. The van der Waals surface area contributed by atoms with Crippen molar-refractivity contribution in [2.24, 2.45) is 0 Å². The van der Waals surface area contributed by atoms with Crippen molar-refractivity contribution >= 4 is 17.4 Å². The molecule has 1 fully saturated rings. The number of benzene rings is 2. The van der Waals surface area contributed by atoms with Gasteiger partial charge in [0.1, 0.15) is 11.5 Å². The van der Waals surface area contributed by atoms with Crippen LogP contribution < -0.4 is 19.5 Å². The molecule has 1 aliphatic rings. The highest BCUT2D eigenvalue weighted by Gasteiger charge is 2.44. The summed E-state index contributed by atoms with van der Waals surface area (Å²) < 4.78 is 10.7.